The van der Waals surface area contributed by atoms with Gasteiger partial charge in [-0.05, 0) is 12.1 Å². The summed E-state index contributed by atoms with van der Waals surface area (Å²) in [5, 5.41) is 6.00. The molecule has 1 heterocycles. The van der Waals surface area contributed by atoms with Crippen LogP contribution in [0.25, 0.3) is 0 Å². The Morgan fingerprint density at radius 2 is 2.35 bits per heavy atom. The maximum Gasteiger partial charge on any atom is 0.255 e. The highest BCUT2D eigenvalue weighted by Gasteiger charge is 2.20. The molecule has 2 amide bonds. The normalized spacial score (nSPS) is 18.3. The first kappa shape index (κ1) is 14.7. The third-order valence-electron chi connectivity index (χ3n) is 2.72. The molecular weight excluding hydrogens is 278 g/mol. The summed E-state index contributed by atoms with van der Waals surface area (Å²) in [6, 6.07) is 6.70. The third kappa shape index (κ3) is 4.43. The minimum absolute atomic E-state index is 0.0655. The molecular formula is C13H17N3O3S. The van der Waals surface area contributed by atoms with E-state index in [1.165, 1.54) is 0 Å². The zero-order valence-corrected chi connectivity index (χ0v) is 11.7. The van der Waals surface area contributed by atoms with Gasteiger partial charge in [0.1, 0.15) is 5.75 Å². The number of nitrogens with one attached hydrogen (secondary N) is 2. The van der Waals surface area contributed by atoms with Crippen LogP contribution >= 0.6 is 11.8 Å². The standard InChI is InChI=1S/C13H17N3O3S/c14-12(17)7-19-10-3-1-2-9(6-10)16-13(18)11-8-20-5-4-15-11/h1-3,6,11,15H,4-5,7-8H2,(H2,14,17)(H,16,18). The molecule has 6 nitrogen and oxygen atoms in total. The third-order valence-corrected chi connectivity index (χ3v) is 3.78. The van der Waals surface area contributed by atoms with Crippen molar-refractivity contribution in [2.75, 3.05) is 30.0 Å². The zero-order valence-electron chi connectivity index (χ0n) is 10.9. The molecule has 1 aromatic carbocycles. The van der Waals surface area contributed by atoms with E-state index in [0.29, 0.717) is 11.4 Å². The summed E-state index contributed by atoms with van der Waals surface area (Å²) in [5.74, 6) is 1.68. The number of amides is 2. The van der Waals surface area contributed by atoms with E-state index in [2.05, 4.69) is 10.6 Å². The van der Waals surface area contributed by atoms with Gasteiger partial charge in [-0.1, -0.05) is 6.07 Å². The van der Waals surface area contributed by atoms with E-state index in [1.54, 1.807) is 36.0 Å². The highest BCUT2D eigenvalue weighted by atomic mass is 32.2. The fourth-order valence-corrected chi connectivity index (χ4v) is 2.72. The van der Waals surface area contributed by atoms with E-state index < -0.39 is 5.91 Å². The number of hydrogen-bond acceptors (Lipinski definition) is 5. The first-order chi connectivity index (χ1) is 9.65. The zero-order chi connectivity index (χ0) is 14.4. The summed E-state index contributed by atoms with van der Waals surface area (Å²) in [6.07, 6.45) is 0. The minimum Gasteiger partial charge on any atom is -0.484 e. The van der Waals surface area contributed by atoms with Gasteiger partial charge in [-0.2, -0.15) is 11.8 Å². The van der Waals surface area contributed by atoms with Crippen molar-refractivity contribution in [1.29, 1.82) is 0 Å². The van der Waals surface area contributed by atoms with E-state index in [1.807, 2.05) is 0 Å². The van der Waals surface area contributed by atoms with Gasteiger partial charge in [-0.3, -0.25) is 9.59 Å². The lowest BCUT2D eigenvalue weighted by atomic mass is 10.2. The van der Waals surface area contributed by atoms with Gasteiger partial charge in [-0.25, -0.2) is 0 Å². The second-order valence-corrected chi connectivity index (χ2v) is 5.50. The number of primary amides is 1. The van der Waals surface area contributed by atoms with E-state index in [0.717, 1.165) is 18.1 Å². The van der Waals surface area contributed by atoms with E-state index in [9.17, 15) is 9.59 Å². The van der Waals surface area contributed by atoms with Gasteiger partial charge in [0.15, 0.2) is 6.61 Å². The van der Waals surface area contributed by atoms with Crippen molar-refractivity contribution in [1.82, 2.24) is 5.32 Å². The molecule has 4 N–H and O–H groups in total. The second-order valence-electron chi connectivity index (χ2n) is 4.35. The fraction of sp³-hybridized carbons (Fsp3) is 0.385. The van der Waals surface area contributed by atoms with Gasteiger partial charge in [0, 0.05) is 29.8 Å². The topological polar surface area (TPSA) is 93.5 Å². The monoisotopic (exact) mass is 295 g/mol. The number of carbonyl (C=O) groups is 2. The molecule has 20 heavy (non-hydrogen) atoms. The van der Waals surface area contributed by atoms with Crippen LogP contribution in [0.3, 0.4) is 0 Å². The maximum atomic E-state index is 12.0. The number of thioether (sulfide) groups is 1. The van der Waals surface area contributed by atoms with Crippen LogP contribution < -0.4 is 21.1 Å². The second kappa shape index (κ2) is 7.16. The average Bonchev–Trinajstić information content (AvgIpc) is 2.46. The van der Waals surface area contributed by atoms with E-state index in [-0.39, 0.29) is 18.6 Å². The predicted octanol–water partition coefficient (Wildman–Crippen LogP) is 0.194. The number of nitrogens with two attached hydrogens (primary N) is 1. The van der Waals surface area contributed by atoms with E-state index >= 15 is 0 Å². The number of anilines is 1. The molecule has 108 valence electrons. The first-order valence-corrected chi connectivity index (χ1v) is 7.44. The highest BCUT2D eigenvalue weighted by molar-refractivity contribution is 7.99. The largest absolute Gasteiger partial charge is 0.484 e. The number of hydrogen-bond donors (Lipinski definition) is 3. The Bertz CT molecular complexity index is 490. The molecule has 1 aliphatic heterocycles. The van der Waals surface area contributed by atoms with Crippen LogP contribution in [0.5, 0.6) is 5.75 Å². The SMILES string of the molecule is NC(=O)COc1cccc(NC(=O)C2CSCCN2)c1. The molecule has 1 aliphatic rings. The van der Waals surface area contributed by atoms with Crippen LogP contribution in [0.1, 0.15) is 0 Å². The molecule has 0 spiro atoms. The lowest BCUT2D eigenvalue weighted by molar-refractivity contribution is -0.120. The Balaban J connectivity index is 1.93. The maximum absolute atomic E-state index is 12.0. The molecule has 2 rings (SSSR count). The molecule has 1 saturated heterocycles. The molecule has 0 radical (unpaired) electrons. The van der Waals surface area contributed by atoms with Crippen LogP contribution in [-0.2, 0) is 9.59 Å². The Hall–Kier alpha value is -1.73. The number of ether oxygens (including phenoxy) is 1. The molecule has 1 aromatic rings. The molecule has 7 heteroatoms. The lowest BCUT2D eigenvalue weighted by Crippen LogP contribution is -2.46. The molecule has 1 unspecified atom stereocenters. The lowest BCUT2D eigenvalue weighted by Gasteiger charge is -2.22. The summed E-state index contributed by atoms with van der Waals surface area (Å²) < 4.78 is 5.19. The summed E-state index contributed by atoms with van der Waals surface area (Å²) in [5.41, 5.74) is 5.65. The van der Waals surface area contributed by atoms with Crippen molar-refractivity contribution in [3.8, 4) is 5.75 Å². The summed E-state index contributed by atoms with van der Waals surface area (Å²) >= 11 is 1.76. The minimum atomic E-state index is -0.539. The highest BCUT2D eigenvalue weighted by Crippen LogP contribution is 2.18. The van der Waals surface area contributed by atoms with Gasteiger partial charge in [0.25, 0.3) is 5.91 Å². The molecule has 0 aromatic heterocycles. The Morgan fingerprint density at radius 1 is 1.50 bits per heavy atom. The average molecular weight is 295 g/mol. The molecule has 0 aliphatic carbocycles. The van der Waals surface area contributed by atoms with Crippen LogP contribution in [0.2, 0.25) is 0 Å². The van der Waals surface area contributed by atoms with Crippen molar-refractivity contribution >= 4 is 29.3 Å². The number of rotatable bonds is 5. The molecule has 0 saturated carbocycles. The van der Waals surface area contributed by atoms with Gasteiger partial charge in [-0.15, -0.1) is 0 Å². The Kier molecular flexibility index (Phi) is 5.25. The van der Waals surface area contributed by atoms with Gasteiger partial charge in [0.05, 0.1) is 6.04 Å². The Labute approximate surface area is 121 Å². The van der Waals surface area contributed by atoms with Crippen LogP contribution in [0.4, 0.5) is 5.69 Å². The van der Waals surface area contributed by atoms with Crippen molar-refractivity contribution in [2.45, 2.75) is 6.04 Å². The van der Waals surface area contributed by atoms with Crippen molar-refractivity contribution in [3.63, 3.8) is 0 Å². The van der Waals surface area contributed by atoms with Gasteiger partial charge >= 0.3 is 0 Å². The van der Waals surface area contributed by atoms with Crippen LogP contribution in [0.15, 0.2) is 24.3 Å². The quantitative estimate of drug-likeness (QED) is 0.721. The molecule has 1 atom stereocenters. The van der Waals surface area contributed by atoms with Gasteiger partial charge < -0.3 is 21.1 Å². The Morgan fingerprint density at radius 3 is 3.05 bits per heavy atom. The smallest absolute Gasteiger partial charge is 0.255 e. The fourth-order valence-electron chi connectivity index (χ4n) is 1.78. The van der Waals surface area contributed by atoms with Gasteiger partial charge in [0.2, 0.25) is 5.91 Å². The number of carbonyl (C=O) groups excluding carboxylic acids is 2. The molecule has 0 bridgehead atoms. The van der Waals surface area contributed by atoms with Crippen molar-refractivity contribution < 1.29 is 14.3 Å². The summed E-state index contributed by atoms with van der Waals surface area (Å²) in [6.45, 7) is 0.655. The van der Waals surface area contributed by atoms with Crippen LogP contribution in [0, 0.1) is 0 Å². The first-order valence-electron chi connectivity index (χ1n) is 6.28. The molecule has 1 fully saturated rings. The summed E-state index contributed by atoms with van der Waals surface area (Å²) in [7, 11) is 0. The van der Waals surface area contributed by atoms with Crippen molar-refractivity contribution in [2.24, 2.45) is 5.73 Å². The number of benzene rings is 1. The van der Waals surface area contributed by atoms with Crippen LogP contribution in [-0.4, -0.2) is 42.5 Å². The predicted molar refractivity (Wildman–Crippen MR) is 78.9 cm³/mol. The summed E-state index contributed by atoms with van der Waals surface area (Å²) in [4.78, 5) is 22.7. The van der Waals surface area contributed by atoms with E-state index in [4.69, 9.17) is 10.5 Å². The van der Waals surface area contributed by atoms with Crippen molar-refractivity contribution in [3.05, 3.63) is 24.3 Å².